The highest BCUT2D eigenvalue weighted by Gasteiger charge is 2.29. The van der Waals surface area contributed by atoms with Crippen molar-refractivity contribution in [3.05, 3.63) is 54.0 Å². The molecule has 0 aliphatic carbocycles. The van der Waals surface area contributed by atoms with Crippen LogP contribution in [0.2, 0.25) is 0 Å². The van der Waals surface area contributed by atoms with E-state index in [0.717, 1.165) is 37.3 Å². The highest BCUT2D eigenvalue weighted by Crippen LogP contribution is 2.23. The second kappa shape index (κ2) is 9.66. The van der Waals surface area contributed by atoms with Gasteiger partial charge in [0.1, 0.15) is 5.76 Å². The van der Waals surface area contributed by atoms with Crippen molar-refractivity contribution in [1.29, 1.82) is 0 Å². The molecule has 1 aromatic heterocycles. The number of hydrogen-bond acceptors (Lipinski definition) is 5. The fourth-order valence-corrected chi connectivity index (χ4v) is 4.83. The zero-order valence-corrected chi connectivity index (χ0v) is 18.7. The Hall–Kier alpha value is -2.32. The van der Waals surface area contributed by atoms with Gasteiger partial charge in [0.25, 0.3) is 0 Å². The Morgan fingerprint density at radius 3 is 2.50 bits per heavy atom. The molecule has 2 aromatic rings. The SMILES string of the molecule is CC(C)NC(=O)N(Cc1ccco1)C1CCN(Cc2ccccc2S(C)(=O)=O)CC1. The van der Waals surface area contributed by atoms with Gasteiger partial charge >= 0.3 is 6.03 Å². The monoisotopic (exact) mass is 433 g/mol. The van der Waals surface area contributed by atoms with E-state index in [0.29, 0.717) is 18.0 Å². The van der Waals surface area contributed by atoms with Crippen molar-refractivity contribution in [2.24, 2.45) is 0 Å². The van der Waals surface area contributed by atoms with Crippen LogP contribution in [-0.2, 0) is 22.9 Å². The molecule has 1 N–H and O–H groups in total. The van der Waals surface area contributed by atoms with Crippen molar-refractivity contribution < 1.29 is 17.6 Å². The smallest absolute Gasteiger partial charge is 0.318 e. The maximum Gasteiger partial charge on any atom is 0.318 e. The maximum atomic E-state index is 12.8. The molecule has 0 bridgehead atoms. The summed E-state index contributed by atoms with van der Waals surface area (Å²) < 4.78 is 29.6. The average Bonchev–Trinajstić information content (AvgIpc) is 3.19. The van der Waals surface area contributed by atoms with Crippen LogP contribution in [0, 0.1) is 0 Å². The van der Waals surface area contributed by atoms with Gasteiger partial charge in [-0.2, -0.15) is 0 Å². The van der Waals surface area contributed by atoms with Crippen LogP contribution >= 0.6 is 0 Å². The van der Waals surface area contributed by atoms with Crippen molar-refractivity contribution in [2.75, 3.05) is 19.3 Å². The number of hydrogen-bond donors (Lipinski definition) is 1. The molecule has 3 rings (SSSR count). The molecule has 2 amide bonds. The lowest BCUT2D eigenvalue weighted by Gasteiger charge is -2.38. The first-order chi connectivity index (χ1) is 14.2. The topological polar surface area (TPSA) is 82.9 Å². The van der Waals surface area contributed by atoms with E-state index in [2.05, 4.69) is 10.2 Å². The van der Waals surface area contributed by atoms with Gasteiger partial charge in [0.15, 0.2) is 9.84 Å². The van der Waals surface area contributed by atoms with E-state index in [4.69, 9.17) is 4.42 Å². The van der Waals surface area contributed by atoms with Crippen molar-refractivity contribution in [3.63, 3.8) is 0 Å². The van der Waals surface area contributed by atoms with E-state index in [-0.39, 0.29) is 18.1 Å². The summed E-state index contributed by atoms with van der Waals surface area (Å²) in [6, 6.07) is 11.0. The highest BCUT2D eigenvalue weighted by atomic mass is 32.2. The summed E-state index contributed by atoms with van der Waals surface area (Å²) in [5.74, 6) is 0.762. The lowest BCUT2D eigenvalue weighted by molar-refractivity contribution is 0.108. The normalized spacial score (nSPS) is 16.0. The van der Waals surface area contributed by atoms with E-state index >= 15 is 0 Å². The quantitative estimate of drug-likeness (QED) is 0.725. The molecule has 0 saturated carbocycles. The maximum absolute atomic E-state index is 12.8. The third kappa shape index (κ3) is 5.86. The first kappa shape index (κ1) is 22.4. The number of likely N-dealkylation sites (tertiary alicyclic amines) is 1. The van der Waals surface area contributed by atoms with E-state index < -0.39 is 9.84 Å². The summed E-state index contributed by atoms with van der Waals surface area (Å²) in [6.07, 6.45) is 4.52. The molecule has 1 fully saturated rings. The number of rotatable bonds is 7. The molecule has 30 heavy (non-hydrogen) atoms. The molecule has 7 nitrogen and oxygen atoms in total. The molecule has 1 aliphatic rings. The first-order valence-electron chi connectivity index (χ1n) is 10.3. The summed E-state index contributed by atoms with van der Waals surface area (Å²) in [5.41, 5.74) is 0.823. The number of benzene rings is 1. The molecule has 0 atom stereocenters. The largest absolute Gasteiger partial charge is 0.467 e. The van der Waals surface area contributed by atoms with Crippen LogP contribution in [0.15, 0.2) is 52.0 Å². The number of nitrogens with zero attached hydrogens (tertiary/aromatic N) is 2. The number of sulfone groups is 1. The van der Waals surface area contributed by atoms with Crippen LogP contribution in [-0.4, -0.2) is 55.7 Å². The fourth-order valence-electron chi connectivity index (χ4n) is 3.89. The van der Waals surface area contributed by atoms with Crippen LogP contribution < -0.4 is 5.32 Å². The molecular weight excluding hydrogens is 402 g/mol. The molecule has 1 aromatic carbocycles. The van der Waals surface area contributed by atoms with Gasteiger partial charge in [-0.15, -0.1) is 0 Å². The number of amides is 2. The molecule has 0 radical (unpaired) electrons. The van der Waals surface area contributed by atoms with E-state index in [1.54, 1.807) is 18.4 Å². The van der Waals surface area contributed by atoms with Crippen molar-refractivity contribution in [1.82, 2.24) is 15.1 Å². The van der Waals surface area contributed by atoms with E-state index in [1.807, 2.05) is 43.0 Å². The van der Waals surface area contributed by atoms with Gasteiger partial charge in [-0.05, 0) is 50.5 Å². The number of urea groups is 1. The molecule has 2 heterocycles. The summed E-state index contributed by atoms with van der Waals surface area (Å²) in [7, 11) is -3.26. The second-order valence-corrected chi connectivity index (χ2v) is 10.2. The summed E-state index contributed by atoms with van der Waals surface area (Å²) in [4.78, 5) is 17.3. The Bertz CT molecular complexity index is 933. The van der Waals surface area contributed by atoms with Crippen LogP contribution in [0.4, 0.5) is 4.79 Å². The van der Waals surface area contributed by atoms with Crippen molar-refractivity contribution in [2.45, 2.75) is 56.8 Å². The Morgan fingerprint density at radius 1 is 1.20 bits per heavy atom. The molecule has 164 valence electrons. The first-order valence-corrected chi connectivity index (χ1v) is 12.2. The Morgan fingerprint density at radius 2 is 1.90 bits per heavy atom. The lowest BCUT2D eigenvalue weighted by atomic mass is 10.0. The van der Waals surface area contributed by atoms with Gasteiger partial charge in [-0.25, -0.2) is 13.2 Å². The van der Waals surface area contributed by atoms with Crippen LogP contribution in [0.3, 0.4) is 0 Å². The van der Waals surface area contributed by atoms with Gasteiger partial charge in [-0.3, -0.25) is 4.90 Å². The van der Waals surface area contributed by atoms with Crippen LogP contribution in [0.25, 0.3) is 0 Å². The van der Waals surface area contributed by atoms with Crippen molar-refractivity contribution in [3.8, 4) is 0 Å². The summed E-state index contributed by atoms with van der Waals surface area (Å²) in [6.45, 7) is 6.52. The molecule has 1 saturated heterocycles. The van der Waals surface area contributed by atoms with Gasteiger partial charge in [-0.1, -0.05) is 18.2 Å². The average molecular weight is 434 g/mol. The lowest BCUT2D eigenvalue weighted by Crippen LogP contribution is -2.51. The standard InChI is InChI=1S/C22H31N3O4S/c1-17(2)23-22(26)25(16-20-8-6-14-29-20)19-10-12-24(13-11-19)15-18-7-4-5-9-21(18)30(3,27)28/h4-9,14,17,19H,10-13,15-16H2,1-3H3,(H,23,26). The van der Waals surface area contributed by atoms with Gasteiger partial charge < -0.3 is 14.6 Å². The minimum Gasteiger partial charge on any atom is -0.467 e. The molecular formula is C22H31N3O4S. The van der Waals surface area contributed by atoms with Crippen molar-refractivity contribution >= 4 is 15.9 Å². The third-order valence-electron chi connectivity index (χ3n) is 5.34. The third-order valence-corrected chi connectivity index (χ3v) is 6.54. The number of carbonyl (C=O) groups is 1. The minimum atomic E-state index is -3.26. The predicted molar refractivity (Wildman–Crippen MR) is 116 cm³/mol. The van der Waals surface area contributed by atoms with Crippen LogP contribution in [0.1, 0.15) is 38.0 Å². The second-order valence-electron chi connectivity index (χ2n) is 8.20. The van der Waals surface area contributed by atoms with Gasteiger partial charge in [0.2, 0.25) is 0 Å². The zero-order chi connectivity index (χ0) is 21.7. The number of piperidine rings is 1. The highest BCUT2D eigenvalue weighted by molar-refractivity contribution is 7.90. The molecule has 8 heteroatoms. The molecule has 0 unspecified atom stereocenters. The van der Waals surface area contributed by atoms with Gasteiger partial charge in [0.05, 0.1) is 17.7 Å². The summed E-state index contributed by atoms with van der Waals surface area (Å²) in [5, 5.41) is 2.99. The number of furan rings is 1. The fraction of sp³-hybridized carbons (Fsp3) is 0.500. The predicted octanol–water partition coefficient (Wildman–Crippen LogP) is 3.27. The molecule has 1 aliphatic heterocycles. The number of nitrogens with one attached hydrogen (secondary N) is 1. The van der Waals surface area contributed by atoms with E-state index in [1.165, 1.54) is 6.26 Å². The zero-order valence-electron chi connectivity index (χ0n) is 17.9. The van der Waals surface area contributed by atoms with E-state index in [9.17, 15) is 13.2 Å². The Kier molecular flexibility index (Phi) is 7.20. The molecule has 0 spiro atoms. The summed E-state index contributed by atoms with van der Waals surface area (Å²) >= 11 is 0. The minimum absolute atomic E-state index is 0.0594. The Balaban J connectivity index is 1.66. The van der Waals surface area contributed by atoms with Crippen LogP contribution in [0.5, 0.6) is 0 Å². The Labute approximate surface area is 179 Å². The van der Waals surface area contributed by atoms with Gasteiger partial charge in [0, 0.05) is 38.0 Å². The number of carbonyl (C=O) groups excluding carboxylic acids is 1.